The standard InChI is InChI=1S/C17H22ClN5/c1-11-4-3-5-12(14(11)18)13-10-21-16(22-15(13)19)23-8-6-17(2,20)7-9-23/h3-5,10H,6-9,20H2,1-2H3,(H2,19,21,22). The smallest absolute Gasteiger partial charge is 0.227 e. The number of nitrogens with two attached hydrogens (primary N) is 2. The number of halogens is 1. The number of aromatic nitrogens is 2. The van der Waals surface area contributed by atoms with Gasteiger partial charge < -0.3 is 16.4 Å². The Morgan fingerprint density at radius 2 is 1.91 bits per heavy atom. The Labute approximate surface area is 141 Å². The molecule has 2 heterocycles. The summed E-state index contributed by atoms with van der Waals surface area (Å²) >= 11 is 6.38. The van der Waals surface area contributed by atoms with E-state index in [1.807, 2.05) is 25.1 Å². The number of nitrogens with zero attached hydrogens (tertiary/aromatic N) is 3. The maximum atomic E-state index is 6.38. The Kier molecular flexibility index (Phi) is 4.17. The predicted molar refractivity (Wildman–Crippen MR) is 95.7 cm³/mol. The van der Waals surface area contributed by atoms with Gasteiger partial charge in [0.25, 0.3) is 0 Å². The highest BCUT2D eigenvalue weighted by Gasteiger charge is 2.27. The van der Waals surface area contributed by atoms with E-state index in [1.165, 1.54) is 0 Å². The van der Waals surface area contributed by atoms with Crippen molar-refractivity contribution in [3.8, 4) is 11.1 Å². The van der Waals surface area contributed by atoms with Gasteiger partial charge in [0.15, 0.2) is 0 Å². The van der Waals surface area contributed by atoms with Crippen LogP contribution in [0.1, 0.15) is 25.3 Å². The van der Waals surface area contributed by atoms with Crippen LogP contribution < -0.4 is 16.4 Å². The van der Waals surface area contributed by atoms with E-state index < -0.39 is 0 Å². The second-order valence-corrected chi connectivity index (χ2v) is 6.92. The minimum atomic E-state index is -0.100. The molecule has 3 rings (SSSR count). The molecule has 1 fully saturated rings. The number of benzene rings is 1. The number of hydrogen-bond acceptors (Lipinski definition) is 5. The van der Waals surface area contributed by atoms with Gasteiger partial charge in [-0.15, -0.1) is 0 Å². The molecule has 0 unspecified atom stereocenters. The van der Waals surface area contributed by atoms with E-state index in [1.54, 1.807) is 6.20 Å². The van der Waals surface area contributed by atoms with E-state index in [2.05, 4.69) is 21.8 Å². The van der Waals surface area contributed by atoms with Crippen LogP contribution in [-0.4, -0.2) is 28.6 Å². The second kappa shape index (κ2) is 5.98. The SMILES string of the molecule is Cc1cccc(-c2cnc(N3CCC(C)(N)CC3)nc2N)c1Cl. The van der Waals surface area contributed by atoms with Crippen molar-refractivity contribution >= 4 is 23.4 Å². The van der Waals surface area contributed by atoms with Gasteiger partial charge in [-0.3, -0.25) is 0 Å². The van der Waals surface area contributed by atoms with Crippen LogP contribution in [0, 0.1) is 6.92 Å². The summed E-state index contributed by atoms with van der Waals surface area (Å²) in [5.74, 6) is 1.11. The number of hydrogen-bond donors (Lipinski definition) is 2. The molecule has 1 aromatic heterocycles. The van der Waals surface area contributed by atoms with Crippen molar-refractivity contribution in [2.45, 2.75) is 32.2 Å². The van der Waals surface area contributed by atoms with Crippen molar-refractivity contribution in [1.82, 2.24) is 9.97 Å². The van der Waals surface area contributed by atoms with Gasteiger partial charge in [-0.1, -0.05) is 29.8 Å². The highest BCUT2D eigenvalue weighted by molar-refractivity contribution is 6.34. The summed E-state index contributed by atoms with van der Waals surface area (Å²) < 4.78 is 0. The number of nitrogen functional groups attached to an aromatic ring is 1. The molecule has 4 N–H and O–H groups in total. The van der Waals surface area contributed by atoms with Crippen LogP contribution in [0.2, 0.25) is 5.02 Å². The predicted octanol–water partition coefficient (Wildman–Crippen LogP) is 3.01. The number of anilines is 2. The first kappa shape index (κ1) is 16.0. The van der Waals surface area contributed by atoms with Crippen molar-refractivity contribution in [3.63, 3.8) is 0 Å². The fourth-order valence-corrected chi connectivity index (χ4v) is 3.05. The lowest BCUT2D eigenvalue weighted by atomic mass is 9.91. The molecule has 1 aromatic carbocycles. The molecule has 1 saturated heterocycles. The normalized spacial score (nSPS) is 17.3. The molecule has 6 heteroatoms. The third kappa shape index (κ3) is 3.26. The Morgan fingerprint density at radius 1 is 1.22 bits per heavy atom. The minimum Gasteiger partial charge on any atom is -0.383 e. The van der Waals surface area contributed by atoms with E-state index in [4.69, 9.17) is 23.1 Å². The van der Waals surface area contributed by atoms with Gasteiger partial charge in [0.05, 0.1) is 5.02 Å². The molecule has 1 aliphatic rings. The van der Waals surface area contributed by atoms with E-state index in [0.717, 1.165) is 42.6 Å². The first-order valence-corrected chi connectivity index (χ1v) is 8.17. The van der Waals surface area contributed by atoms with Crippen LogP contribution in [0.15, 0.2) is 24.4 Å². The van der Waals surface area contributed by atoms with E-state index in [-0.39, 0.29) is 5.54 Å². The molecule has 0 saturated carbocycles. The lowest BCUT2D eigenvalue weighted by Gasteiger charge is -2.36. The van der Waals surface area contributed by atoms with Crippen LogP contribution in [0.3, 0.4) is 0 Å². The molecule has 2 aromatic rings. The molecule has 23 heavy (non-hydrogen) atoms. The van der Waals surface area contributed by atoms with Crippen LogP contribution >= 0.6 is 11.6 Å². The number of rotatable bonds is 2. The number of aryl methyl sites for hydroxylation is 1. The molecule has 0 spiro atoms. The van der Waals surface area contributed by atoms with Crippen LogP contribution in [0.4, 0.5) is 11.8 Å². The molecular formula is C17H22ClN5. The summed E-state index contributed by atoms with van der Waals surface area (Å²) in [4.78, 5) is 11.1. The first-order valence-electron chi connectivity index (χ1n) is 7.79. The van der Waals surface area contributed by atoms with Gasteiger partial charge >= 0.3 is 0 Å². The van der Waals surface area contributed by atoms with Crippen molar-refractivity contribution in [1.29, 1.82) is 0 Å². The number of piperidine rings is 1. The summed E-state index contributed by atoms with van der Waals surface area (Å²) in [5, 5.41) is 0.687. The van der Waals surface area contributed by atoms with Gasteiger partial charge in [0.2, 0.25) is 5.95 Å². The van der Waals surface area contributed by atoms with Crippen LogP contribution in [0.25, 0.3) is 11.1 Å². The van der Waals surface area contributed by atoms with E-state index in [9.17, 15) is 0 Å². The Balaban J connectivity index is 1.88. The lowest BCUT2D eigenvalue weighted by molar-refractivity contribution is 0.362. The van der Waals surface area contributed by atoms with Gasteiger partial charge in [-0.2, -0.15) is 4.98 Å². The zero-order chi connectivity index (χ0) is 16.6. The first-order chi connectivity index (χ1) is 10.9. The molecular weight excluding hydrogens is 310 g/mol. The summed E-state index contributed by atoms with van der Waals surface area (Å²) in [6.45, 7) is 5.74. The highest BCUT2D eigenvalue weighted by Crippen LogP contribution is 2.33. The van der Waals surface area contributed by atoms with Crippen LogP contribution in [-0.2, 0) is 0 Å². The maximum Gasteiger partial charge on any atom is 0.227 e. The average molecular weight is 332 g/mol. The van der Waals surface area contributed by atoms with Crippen molar-refractivity contribution in [2.24, 2.45) is 5.73 Å². The summed E-state index contributed by atoms with van der Waals surface area (Å²) in [6.07, 6.45) is 3.60. The molecule has 0 radical (unpaired) electrons. The van der Waals surface area contributed by atoms with E-state index in [0.29, 0.717) is 16.8 Å². The van der Waals surface area contributed by atoms with Crippen molar-refractivity contribution in [2.75, 3.05) is 23.7 Å². The molecule has 122 valence electrons. The van der Waals surface area contributed by atoms with Gasteiger partial charge in [-0.05, 0) is 32.3 Å². The molecule has 0 amide bonds. The van der Waals surface area contributed by atoms with Gasteiger partial charge in [0, 0.05) is 36.0 Å². The van der Waals surface area contributed by atoms with Crippen molar-refractivity contribution < 1.29 is 0 Å². The quantitative estimate of drug-likeness (QED) is 0.884. The summed E-state index contributed by atoms with van der Waals surface area (Å²) in [7, 11) is 0. The topological polar surface area (TPSA) is 81.1 Å². The third-order valence-corrected chi connectivity index (χ3v) is 4.98. The largest absolute Gasteiger partial charge is 0.383 e. The second-order valence-electron chi connectivity index (χ2n) is 6.55. The zero-order valence-corrected chi connectivity index (χ0v) is 14.3. The summed E-state index contributed by atoms with van der Waals surface area (Å²) in [5.41, 5.74) is 14.9. The van der Waals surface area contributed by atoms with Gasteiger partial charge in [-0.25, -0.2) is 4.98 Å². The molecule has 0 aliphatic carbocycles. The monoisotopic (exact) mass is 331 g/mol. The third-order valence-electron chi connectivity index (χ3n) is 4.48. The Morgan fingerprint density at radius 3 is 2.57 bits per heavy atom. The minimum absolute atomic E-state index is 0.100. The molecule has 5 nitrogen and oxygen atoms in total. The molecule has 0 bridgehead atoms. The Hall–Kier alpha value is -1.85. The zero-order valence-electron chi connectivity index (χ0n) is 13.5. The van der Waals surface area contributed by atoms with Crippen molar-refractivity contribution in [3.05, 3.63) is 35.0 Å². The van der Waals surface area contributed by atoms with Crippen LogP contribution in [0.5, 0.6) is 0 Å². The summed E-state index contributed by atoms with van der Waals surface area (Å²) in [6, 6.07) is 5.86. The fourth-order valence-electron chi connectivity index (χ4n) is 2.82. The fraction of sp³-hybridized carbons (Fsp3) is 0.412. The molecule has 1 aliphatic heterocycles. The average Bonchev–Trinajstić information content (AvgIpc) is 2.50. The lowest BCUT2D eigenvalue weighted by Crippen LogP contribution is -2.48. The Bertz CT molecular complexity index is 719. The maximum absolute atomic E-state index is 6.38. The molecule has 0 atom stereocenters. The highest BCUT2D eigenvalue weighted by atomic mass is 35.5. The van der Waals surface area contributed by atoms with E-state index >= 15 is 0 Å². The van der Waals surface area contributed by atoms with Gasteiger partial charge in [0.1, 0.15) is 5.82 Å².